The van der Waals surface area contributed by atoms with Crippen LogP contribution in [-0.2, 0) is 11.3 Å². The van der Waals surface area contributed by atoms with Gasteiger partial charge in [-0.15, -0.1) is 0 Å². The van der Waals surface area contributed by atoms with E-state index < -0.39 is 0 Å². The van der Waals surface area contributed by atoms with Crippen molar-refractivity contribution in [3.05, 3.63) is 47.9 Å². The Labute approximate surface area is 117 Å². The number of carbonyl (C=O) groups is 1. The molecule has 106 valence electrons. The topological polar surface area (TPSA) is 77.5 Å². The molecule has 20 heavy (non-hydrogen) atoms. The van der Waals surface area contributed by atoms with Crippen molar-refractivity contribution in [1.82, 2.24) is 5.32 Å². The molecule has 0 aliphatic rings. The molecule has 1 aromatic heterocycles. The molecule has 0 saturated carbocycles. The summed E-state index contributed by atoms with van der Waals surface area (Å²) >= 11 is 0. The maximum absolute atomic E-state index is 11.6. The summed E-state index contributed by atoms with van der Waals surface area (Å²) in [5.74, 6) is 2.21. The van der Waals surface area contributed by atoms with E-state index in [4.69, 9.17) is 14.9 Å². The summed E-state index contributed by atoms with van der Waals surface area (Å²) in [6.45, 7) is 2.59. The maximum atomic E-state index is 11.6. The predicted octanol–water partition coefficient (Wildman–Crippen LogP) is 2.26. The van der Waals surface area contributed by atoms with Gasteiger partial charge in [0.2, 0.25) is 5.91 Å². The fourth-order valence-corrected chi connectivity index (χ4v) is 1.68. The van der Waals surface area contributed by atoms with Crippen molar-refractivity contribution in [2.45, 2.75) is 19.9 Å². The molecule has 1 amide bonds. The van der Waals surface area contributed by atoms with Gasteiger partial charge in [0, 0.05) is 5.69 Å². The number of nitrogens with two attached hydrogens (primary N) is 1. The van der Waals surface area contributed by atoms with Crippen molar-refractivity contribution in [2.75, 3.05) is 12.3 Å². The van der Waals surface area contributed by atoms with E-state index in [0.717, 1.165) is 11.5 Å². The molecule has 0 spiro atoms. The van der Waals surface area contributed by atoms with E-state index in [0.29, 0.717) is 31.0 Å². The first kappa shape index (κ1) is 14.0. The van der Waals surface area contributed by atoms with Gasteiger partial charge in [-0.05, 0) is 43.3 Å². The number of amides is 1. The Morgan fingerprint density at radius 3 is 2.65 bits per heavy atom. The number of nitrogens with one attached hydrogen (secondary N) is 1. The van der Waals surface area contributed by atoms with Gasteiger partial charge in [0.1, 0.15) is 17.3 Å². The third-order valence-corrected chi connectivity index (χ3v) is 2.73. The molecule has 0 fully saturated rings. The van der Waals surface area contributed by atoms with Gasteiger partial charge < -0.3 is 20.2 Å². The zero-order valence-electron chi connectivity index (χ0n) is 11.4. The molecule has 0 radical (unpaired) electrons. The van der Waals surface area contributed by atoms with E-state index in [1.807, 2.05) is 19.1 Å². The Kier molecular flexibility index (Phi) is 4.65. The number of hydrogen-bond acceptors (Lipinski definition) is 4. The third-order valence-electron chi connectivity index (χ3n) is 2.73. The first-order valence-corrected chi connectivity index (χ1v) is 6.44. The van der Waals surface area contributed by atoms with Gasteiger partial charge >= 0.3 is 0 Å². The summed E-state index contributed by atoms with van der Waals surface area (Å²) in [7, 11) is 0. The molecule has 0 atom stereocenters. The fraction of sp³-hybridized carbons (Fsp3) is 0.267. The number of ether oxygens (including phenoxy) is 1. The lowest BCUT2D eigenvalue weighted by molar-refractivity contribution is -0.121. The van der Waals surface area contributed by atoms with E-state index in [2.05, 4.69) is 5.32 Å². The maximum Gasteiger partial charge on any atom is 0.223 e. The predicted molar refractivity (Wildman–Crippen MR) is 76.3 cm³/mol. The molecule has 5 heteroatoms. The number of hydrogen-bond donors (Lipinski definition) is 2. The van der Waals surface area contributed by atoms with Gasteiger partial charge in [-0.3, -0.25) is 4.79 Å². The normalized spacial score (nSPS) is 10.2. The first-order chi connectivity index (χ1) is 9.63. The van der Waals surface area contributed by atoms with E-state index in [9.17, 15) is 4.79 Å². The van der Waals surface area contributed by atoms with Crippen LogP contribution in [0.4, 0.5) is 5.69 Å². The highest BCUT2D eigenvalue weighted by atomic mass is 16.5. The van der Waals surface area contributed by atoms with Crippen LogP contribution in [0.2, 0.25) is 0 Å². The van der Waals surface area contributed by atoms with Crippen LogP contribution < -0.4 is 15.8 Å². The molecule has 5 nitrogen and oxygen atoms in total. The van der Waals surface area contributed by atoms with Crippen LogP contribution in [0.1, 0.15) is 17.9 Å². The van der Waals surface area contributed by atoms with Crippen LogP contribution >= 0.6 is 0 Å². The highest BCUT2D eigenvalue weighted by Gasteiger charge is 2.04. The molecular weight excluding hydrogens is 256 g/mol. The second-order valence-corrected chi connectivity index (χ2v) is 4.46. The minimum absolute atomic E-state index is 0.0745. The van der Waals surface area contributed by atoms with Crippen LogP contribution in [0.15, 0.2) is 40.8 Å². The van der Waals surface area contributed by atoms with Crippen molar-refractivity contribution >= 4 is 11.6 Å². The van der Waals surface area contributed by atoms with Crippen molar-refractivity contribution in [2.24, 2.45) is 0 Å². The van der Waals surface area contributed by atoms with Crippen LogP contribution in [0.5, 0.6) is 5.75 Å². The Morgan fingerprint density at radius 2 is 2.00 bits per heavy atom. The Morgan fingerprint density at radius 1 is 1.25 bits per heavy atom. The molecule has 0 saturated heterocycles. The highest BCUT2D eigenvalue weighted by molar-refractivity contribution is 5.75. The summed E-state index contributed by atoms with van der Waals surface area (Å²) in [6, 6.07) is 10.8. The van der Waals surface area contributed by atoms with Crippen molar-refractivity contribution in [3.8, 4) is 5.75 Å². The molecular formula is C15H18N2O3. The number of furan rings is 1. The highest BCUT2D eigenvalue weighted by Crippen LogP contribution is 2.13. The van der Waals surface area contributed by atoms with E-state index in [1.54, 1.807) is 24.3 Å². The van der Waals surface area contributed by atoms with Crippen molar-refractivity contribution < 1.29 is 13.9 Å². The van der Waals surface area contributed by atoms with Gasteiger partial charge in [-0.25, -0.2) is 0 Å². The quantitative estimate of drug-likeness (QED) is 0.792. The SMILES string of the molecule is Cc1ccc(CNC(=O)CCOc2ccc(N)cc2)o1. The Balaban J connectivity index is 1.66. The number of benzene rings is 1. The second kappa shape index (κ2) is 6.65. The summed E-state index contributed by atoms with van der Waals surface area (Å²) in [5.41, 5.74) is 6.26. The second-order valence-electron chi connectivity index (χ2n) is 4.46. The number of nitrogen functional groups attached to an aromatic ring is 1. The molecule has 1 heterocycles. The standard InChI is InChI=1S/C15H18N2O3/c1-11-2-5-14(20-11)10-17-15(18)8-9-19-13-6-3-12(16)4-7-13/h2-7H,8-10,16H2,1H3,(H,17,18). The minimum atomic E-state index is -0.0745. The summed E-state index contributed by atoms with van der Waals surface area (Å²) in [5, 5.41) is 2.77. The number of carbonyl (C=O) groups excluding carboxylic acids is 1. The lowest BCUT2D eigenvalue weighted by atomic mass is 10.3. The fourth-order valence-electron chi connectivity index (χ4n) is 1.68. The van der Waals surface area contributed by atoms with Gasteiger partial charge in [0.15, 0.2) is 0 Å². The van der Waals surface area contributed by atoms with Gasteiger partial charge in [-0.2, -0.15) is 0 Å². The van der Waals surface area contributed by atoms with Gasteiger partial charge in [0.25, 0.3) is 0 Å². The average Bonchev–Trinajstić information content (AvgIpc) is 2.85. The lowest BCUT2D eigenvalue weighted by Gasteiger charge is -2.06. The number of rotatable bonds is 6. The van der Waals surface area contributed by atoms with E-state index in [1.165, 1.54) is 0 Å². The zero-order chi connectivity index (χ0) is 14.4. The van der Waals surface area contributed by atoms with Crippen LogP contribution in [0, 0.1) is 6.92 Å². The molecule has 3 N–H and O–H groups in total. The molecule has 0 bridgehead atoms. The monoisotopic (exact) mass is 274 g/mol. The van der Waals surface area contributed by atoms with Gasteiger partial charge in [-0.1, -0.05) is 0 Å². The number of aryl methyl sites for hydroxylation is 1. The Hall–Kier alpha value is -2.43. The summed E-state index contributed by atoms with van der Waals surface area (Å²) < 4.78 is 10.8. The lowest BCUT2D eigenvalue weighted by Crippen LogP contribution is -2.24. The van der Waals surface area contributed by atoms with Crippen LogP contribution in [-0.4, -0.2) is 12.5 Å². The molecule has 0 unspecified atom stereocenters. The van der Waals surface area contributed by atoms with Gasteiger partial charge in [0.05, 0.1) is 19.6 Å². The van der Waals surface area contributed by atoms with E-state index >= 15 is 0 Å². The molecule has 0 aliphatic heterocycles. The first-order valence-electron chi connectivity index (χ1n) is 6.44. The summed E-state index contributed by atoms with van der Waals surface area (Å²) in [6.07, 6.45) is 0.296. The third kappa shape index (κ3) is 4.35. The minimum Gasteiger partial charge on any atom is -0.493 e. The van der Waals surface area contributed by atoms with Crippen LogP contribution in [0.25, 0.3) is 0 Å². The average molecular weight is 274 g/mol. The summed E-state index contributed by atoms with van der Waals surface area (Å²) in [4.78, 5) is 11.6. The molecule has 2 aromatic rings. The zero-order valence-corrected chi connectivity index (χ0v) is 11.4. The number of anilines is 1. The van der Waals surface area contributed by atoms with Crippen molar-refractivity contribution in [1.29, 1.82) is 0 Å². The smallest absolute Gasteiger partial charge is 0.223 e. The largest absolute Gasteiger partial charge is 0.493 e. The van der Waals surface area contributed by atoms with Crippen LogP contribution in [0.3, 0.4) is 0 Å². The molecule has 0 aliphatic carbocycles. The van der Waals surface area contributed by atoms with E-state index in [-0.39, 0.29) is 5.91 Å². The Bertz CT molecular complexity index is 561. The molecule has 2 rings (SSSR count). The van der Waals surface area contributed by atoms with Crippen molar-refractivity contribution in [3.63, 3.8) is 0 Å². The molecule has 1 aromatic carbocycles.